The van der Waals surface area contributed by atoms with E-state index in [2.05, 4.69) is 19.1 Å². The predicted octanol–water partition coefficient (Wildman–Crippen LogP) is 3.11. The Hall–Kier alpha value is -0.550. The van der Waals surface area contributed by atoms with Gasteiger partial charge in [-0.3, -0.25) is 0 Å². The zero-order valence-corrected chi connectivity index (χ0v) is 11.6. The van der Waals surface area contributed by atoms with E-state index in [9.17, 15) is 0 Å². The SMILES string of the molecule is COCC(C)Sc1ccc(C(OC)OC)cc1. The fraction of sp³-hybridized carbons (Fsp3) is 0.538. The number of methoxy groups -OCH3 is 3. The fourth-order valence-corrected chi connectivity index (χ4v) is 2.53. The number of benzene rings is 1. The van der Waals surface area contributed by atoms with Gasteiger partial charge in [0.1, 0.15) is 0 Å². The molecule has 0 aliphatic heterocycles. The summed E-state index contributed by atoms with van der Waals surface area (Å²) in [7, 11) is 5.00. The Labute approximate surface area is 107 Å². The van der Waals surface area contributed by atoms with Crippen molar-refractivity contribution in [3.63, 3.8) is 0 Å². The molecule has 4 heteroatoms. The first-order valence-electron chi connectivity index (χ1n) is 5.52. The summed E-state index contributed by atoms with van der Waals surface area (Å²) >= 11 is 1.80. The number of hydrogen-bond acceptors (Lipinski definition) is 4. The average molecular weight is 256 g/mol. The first-order chi connectivity index (χ1) is 8.21. The molecule has 0 aliphatic carbocycles. The second kappa shape index (κ2) is 7.71. The zero-order valence-electron chi connectivity index (χ0n) is 10.8. The van der Waals surface area contributed by atoms with Crippen molar-refractivity contribution in [1.29, 1.82) is 0 Å². The van der Waals surface area contributed by atoms with Crippen molar-refractivity contribution in [2.45, 2.75) is 23.4 Å². The Balaban J connectivity index is 2.61. The van der Waals surface area contributed by atoms with Crippen LogP contribution in [0.15, 0.2) is 29.2 Å². The van der Waals surface area contributed by atoms with Crippen molar-refractivity contribution in [3.05, 3.63) is 29.8 Å². The van der Waals surface area contributed by atoms with E-state index in [4.69, 9.17) is 14.2 Å². The minimum absolute atomic E-state index is 0.287. The lowest BCUT2D eigenvalue weighted by molar-refractivity contribution is -0.106. The van der Waals surface area contributed by atoms with Gasteiger partial charge in [-0.1, -0.05) is 19.1 Å². The van der Waals surface area contributed by atoms with Crippen molar-refractivity contribution in [3.8, 4) is 0 Å². The summed E-state index contributed by atoms with van der Waals surface area (Å²) in [4.78, 5) is 1.23. The summed E-state index contributed by atoms with van der Waals surface area (Å²) in [5, 5.41) is 0.450. The fourth-order valence-electron chi connectivity index (χ4n) is 1.57. The lowest BCUT2D eigenvalue weighted by atomic mass is 10.2. The van der Waals surface area contributed by atoms with Crippen LogP contribution in [0.2, 0.25) is 0 Å². The molecule has 1 rings (SSSR count). The molecule has 1 atom stereocenters. The molecule has 0 aromatic heterocycles. The maximum atomic E-state index is 5.20. The van der Waals surface area contributed by atoms with Crippen molar-refractivity contribution >= 4 is 11.8 Å². The lowest BCUT2D eigenvalue weighted by Crippen LogP contribution is -2.05. The van der Waals surface area contributed by atoms with E-state index in [0.29, 0.717) is 5.25 Å². The third-order valence-electron chi connectivity index (χ3n) is 2.32. The van der Waals surface area contributed by atoms with Crippen LogP contribution in [0, 0.1) is 0 Å². The van der Waals surface area contributed by atoms with Crippen LogP contribution in [0.5, 0.6) is 0 Å². The van der Waals surface area contributed by atoms with Crippen molar-refractivity contribution in [1.82, 2.24) is 0 Å². The third-order valence-corrected chi connectivity index (χ3v) is 3.40. The lowest BCUT2D eigenvalue weighted by Gasteiger charge is -2.14. The van der Waals surface area contributed by atoms with Crippen LogP contribution in [-0.2, 0) is 14.2 Å². The molecule has 0 radical (unpaired) electrons. The standard InChI is InChI=1S/C13H20O3S/c1-10(9-14-2)17-12-7-5-11(6-8-12)13(15-3)16-4/h5-8,10,13H,9H2,1-4H3. The van der Waals surface area contributed by atoms with E-state index in [1.165, 1.54) is 4.90 Å². The van der Waals surface area contributed by atoms with Gasteiger partial charge in [-0.2, -0.15) is 0 Å². The van der Waals surface area contributed by atoms with E-state index >= 15 is 0 Å². The van der Waals surface area contributed by atoms with Gasteiger partial charge >= 0.3 is 0 Å². The maximum Gasteiger partial charge on any atom is 0.183 e. The molecule has 0 saturated carbocycles. The van der Waals surface area contributed by atoms with Gasteiger partial charge < -0.3 is 14.2 Å². The molecule has 0 spiro atoms. The highest BCUT2D eigenvalue weighted by molar-refractivity contribution is 8.00. The molecule has 0 saturated heterocycles. The Morgan fingerprint density at radius 1 is 1.06 bits per heavy atom. The summed E-state index contributed by atoms with van der Waals surface area (Å²) in [6.07, 6.45) is -0.287. The summed E-state index contributed by atoms with van der Waals surface area (Å²) in [5.74, 6) is 0. The van der Waals surface area contributed by atoms with E-state index in [1.54, 1.807) is 33.1 Å². The van der Waals surface area contributed by atoms with Gasteiger partial charge in [0.05, 0.1) is 6.61 Å². The molecule has 0 amide bonds. The van der Waals surface area contributed by atoms with Gasteiger partial charge in [0.25, 0.3) is 0 Å². The molecular formula is C13H20O3S. The smallest absolute Gasteiger partial charge is 0.183 e. The zero-order chi connectivity index (χ0) is 12.7. The highest BCUT2D eigenvalue weighted by Crippen LogP contribution is 2.26. The molecule has 0 heterocycles. The Kier molecular flexibility index (Phi) is 6.58. The number of ether oxygens (including phenoxy) is 3. The monoisotopic (exact) mass is 256 g/mol. The minimum Gasteiger partial charge on any atom is -0.384 e. The molecule has 17 heavy (non-hydrogen) atoms. The van der Waals surface area contributed by atoms with Gasteiger partial charge in [-0.25, -0.2) is 0 Å². The van der Waals surface area contributed by atoms with Crippen LogP contribution in [0.25, 0.3) is 0 Å². The largest absolute Gasteiger partial charge is 0.384 e. The molecule has 1 unspecified atom stereocenters. The minimum atomic E-state index is -0.287. The Morgan fingerprint density at radius 2 is 1.65 bits per heavy atom. The molecule has 0 aliphatic rings. The van der Waals surface area contributed by atoms with Crippen LogP contribution >= 0.6 is 11.8 Å². The van der Waals surface area contributed by atoms with Gasteiger partial charge in [0.15, 0.2) is 6.29 Å². The second-order valence-electron chi connectivity index (χ2n) is 3.76. The second-order valence-corrected chi connectivity index (χ2v) is 5.27. The first-order valence-corrected chi connectivity index (χ1v) is 6.40. The van der Waals surface area contributed by atoms with Crippen LogP contribution in [-0.4, -0.2) is 33.2 Å². The van der Waals surface area contributed by atoms with E-state index in [-0.39, 0.29) is 6.29 Å². The topological polar surface area (TPSA) is 27.7 Å². The Morgan fingerprint density at radius 3 is 2.12 bits per heavy atom. The third kappa shape index (κ3) is 4.68. The molecule has 0 N–H and O–H groups in total. The number of rotatable bonds is 7. The number of hydrogen-bond donors (Lipinski definition) is 0. The van der Waals surface area contributed by atoms with Crippen LogP contribution in [0.3, 0.4) is 0 Å². The number of thioether (sulfide) groups is 1. The summed E-state index contributed by atoms with van der Waals surface area (Å²) in [6, 6.07) is 8.22. The highest BCUT2D eigenvalue weighted by Gasteiger charge is 2.09. The molecule has 0 fully saturated rings. The van der Waals surface area contributed by atoms with Crippen molar-refractivity contribution in [2.75, 3.05) is 27.9 Å². The summed E-state index contributed by atoms with van der Waals surface area (Å²) in [5.41, 5.74) is 1.03. The molecular weight excluding hydrogens is 236 g/mol. The van der Waals surface area contributed by atoms with Crippen LogP contribution in [0.4, 0.5) is 0 Å². The molecule has 1 aromatic rings. The van der Waals surface area contributed by atoms with Crippen LogP contribution in [0.1, 0.15) is 18.8 Å². The summed E-state index contributed by atoms with van der Waals surface area (Å²) < 4.78 is 15.5. The predicted molar refractivity (Wildman–Crippen MR) is 70.4 cm³/mol. The van der Waals surface area contributed by atoms with E-state index in [1.807, 2.05) is 12.1 Å². The van der Waals surface area contributed by atoms with Gasteiger partial charge in [-0.15, -0.1) is 11.8 Å². The van der Waals surface area contributed by atoms with Gasteiger partial charge in [-0.05, 0) is 12.1 Å². The molecule has 1 aromatic carbocycles. The molecule has 0 bridgehead atoms. The van der Waals surface area contributed by atoms with Gasteiger partial charge in [0.2, 0.25) is 0 Å². The average Bonchev–Trinajstić information content (AvgIpc) is 2.33. The van der Waals surface area contributed by atoms with Crippen molar-refractivity contribution < 1.29 is 14.2 Å². The van der Waals surface area contributed by atoms with Crippen molar-refractivity contribution in [2.24, 2.45) is 0 Å². The van der Waals surface area contributed by atoms with Crippen LogP contribution < -0.4 is 0 Å². The van der Waals surface area contributed by atoms with E-state index in [0.717, 1.165) is 12.2 Å². The Bertz CT molecular complexity index is 309. The first kappa shape index (κ1) is 14.5. The van der Waals surface area contributed by atoms with E-state index < -0.39 is 0 Å². The van der Waals surface area contributed by atoms with Gasteiger partial charge in [0, 0.05) is 37.0 Å². The highest BCUT2D eigenvalue weighted by atomic mass is 32.2. The maximum absolute atomic E-state index is 5.20. The quantitative estimate of drug-likeness (QED) is 0.553. The molecule has 96 valence electrons. The summed E-state index contributed by atoms with van der Waals surface area (Å²) in [6.45, 7) is 2.90. The normalized spacial score (nSPS) is 13.0. The molecule has 3 nitrogen and oxygen atoms in total.